The fraction of sp³-hybridized carbons (Fsp3) is 0.200. The molecular weight excluding hydrogens is 337 g/mol. The molecule has 0 radical (unpaired) electrons. The van der Waals surface area contributed by atoms with Gasteiger partial charge in [-0.2, -0.15) is 0 Å². The highest BCUT2D eigenvalue weighted by Gasteiger charge is 2.23. The number of rotatable bonds is 3. The third-order valence-electron chi connectivity index (χ3n) is 4.10. The minimum Gasteiger partial charge on any atom is -0.475 e. The number of hydrogen-bond acceptors (Lipinski definition) is 3. The van der Waals surface area contributed by atoms with Crippen molar-refractivity contribution in [1.29, 1.82) is 0 Å². The molecule has 1 amide bonds. The lowest BCUT2D eigenvalue weighted by Crippen LogP contribution is -2.15. The number of carboxylic acids is 1. The topological polar surface area (TPSA) is 79.5 Å². The van der Waals surface area contributed by atoms with Crippen LogP contribution in [-0.2, 0) is 5.41 Å². The standard InChI is InChI=1S/C20H18FNO4/c1-20(2,3)12-6-4-11(5-7-12)18(23)22-16-14-10-13(21)8-9-15(14)26-17(16)19(24)25/h4-10H,1-3H3,(H,22,23)(H,24,25). The molecule has 0 aliphatic carbocycles. The van der Waals surface area contributed by atoms with Gasteiger partial charge in [0, 0.05) is 10.9 Å². The van der Waals surface area contributed by atoms with Crippen molar-refractivity contribution < 1.29 is 23.5 Å². The van der Waals surface area contributed by atoms with Crippen LogP contribution in [-0.4, -0.2) is 17.0 Å². The Kier molecular flexibility index (Phi) is 4.28. The molecule has 2 N–H and O–H groups in total. The predicted octanol–water partition coefficient (Wildman–Crippen LogP) is 4.82. The van der Waals surface area contributed by atoms with Crippen molar-refractivity contribution >= 4 is 28.5 Å². The summed E-state index contributed by atoms with van der Waals surface area (Å²) in [5.41, 5.74) is 1.50. The molecule has 5 nitrogen and oxygen atoms in total. The van der Waals surface area contributed by atoms with E-state index < -0.39 is 23.5 Å². The first kappa shape index (κ1) is 17.7. The second-order valence-corrected chi connectivity index (χ2v) is 7.03. The summed E-state index contributed by atoms with van der Waals surface area (Å²) in [6, 6.07) is 10.6. The number of halogens is 1. The van der Waals surface area contributed by atoms with Gasteiger partial charge in [0.05, 0.1) is 0 Å². The van der Waals surface area contributed by atoms with Crippen LogP contribution in [0.15, 0.2) is 46.9 Å². The highest BCUT2D eigenvalue weighted by molar-refractivity contribution is 6.13. The van der Waals surface area contributed by atoms with Gasteiger partial charge in [-0.3, -0.25) is 4.79 Å². The average molecular weight is 355 g/mol. The average Bonchev–Trinajstić information content (AvgIpc) is 2.92. The van der Waals surface area contributed by atoms with Crippen LogP contribution >= 0.6 is 0 Å². The summed E-state index contributed by atoms with van der Waals surface area (Å²) in [5.74, 6) is -2.84. The van der Waals surface area contributed by atoms with Gasteiger partial charge < -0.3 is 14.8 Å². The number of amides is 1. The molecule has 3 rings (SSSR count). The summed E-state index contributed by atoms with van der Waals surface area (Å²) in [6.07, 6.45) is 0. The molecule has 0 spiro atoms. The van der Waals surface area contributed by atoms with Gasteiger partial charge in [0.25, 0.3) is 5.91 Å². The Labute approximate surface area is 149 Å². The predicted molar refractivity (Wildman–Crippen MR) is 96.2 cm³/mol. The summed E-state index contributed by atoms with van der Waals surface area (Å²) in [5, 5.41) is 12.0. The lowest BCUT2D eigenvalue weighted by Gasteiger charge is -2.19. The maximum atomic E-state index is 13.5. The van der Waals surface area contributed by atoms with Crippen molar-refractivity contribution in [2.75, 3.05) is 5.32 Å². The third-order valence-corrected chi connectivity index (χ3v) is 4.10. The van der Waals surface area contributed by atoms with Crippen LogP contribution in [0.4, 0.5) is 10.1 Å². The van der Waals surface area contributed by atoms with Crippen LogP contribution in [0.25, 0.3) is 11.0 Å². The van der Waals surface area contributed by atoms with Gasteiger partial charge >= 0.3 is 5.97 Å². The lowest BCUT2D eigenvalue weighted by atomic mass is 9.87. The fourth-order valence-corrected chi connectivity index (χ4v) is 2.65. The molecule has 0 fully saturated rings. The number of furan rings is 1. The number of fused-ring (bicyclic) bond motifs is 1. The number of carboxylic acid groups (broad SMARTS) is 1. The number of hydrogen-bond donors (Lipinski definition) is 2. The van der Waals surface area contributed by atoms with E-state index in [-0.39, 0.29) is 22.1 Å². The highest BCUT2D eigenvalue weighted by Crippen LogP contribution is 2.32. The molecule has 1 heterocycles. The first-order valence-corrected chi connectivity index (χ1v) is 8.04. The number of nitrogens with one attached hydrogen (secondary N) is 1. The molecule has 0 aliphatic rings. The van der Waals surface area contributed by atoms with E-state index in [9.17, 15) is 19.1 Å². The van der Waals surface area contributed by atoms with E-state index in [1.807, 2.05) is 12.1 Å². The molecule has 0 atom stereocenters. The molecule has 134 valence electrons. The number of carbonyl (C=O) groups excluding carboxylic acids is 1. The smallest absolute Gasteiger partial charge is 0.374 e. The van der Waals surface area contributed by atoms with Crippen LogP contribution in [0.1, 0.15) is 47.2 Å². The molecule has 3 aromatic rings. The van der Waals surface area contributed by atoms with Crippen molar-refractivity contribution in [1.82, 2.24) is 0 Å². The van der Waals surface area contributed by atoms with Crippen LogP contribution in [0, 0.1) is 5.82 Å². The summed E-state index contributed by atoms with van der Waals surface area (Å²) >= 11 is 0. The second kappa shape index (κ2) is 6.29. The Morgan fingerprint density at radius 3 is 2.31 bits per heavy atom. The van der Waals surface area contributed by atoms with Crippen molar-refractivity contribution in [2.24, 2.45) is 0 Å². The zero-order valence-corrected chi connectivity index (χ0v) is 14.6. The summed E-state index contributed by atoms with van der Waals surface area (Å²) in [6.45, 7) is 6.19. The Bertz CT molecular complexity index is 997. The molecule has 0 bridgehead atoms. The van der Waals surface area contributed by atoms with E-state index in [1.54, 1.807) is 12.1 Å². The molecule has 1 aromatic heterocycles. The summed E-state index contributed by atoms with van der Waals surface area (Å²) in [7, 11) is 0. The Balaban J connectivity index is 1.97. The SMILES string of the molecule is CC(C)(C)c1ccc(C(=O)Nc2c(C(=O)O)oc3ccc(F)cc23)cc1. The molecule has 0 aliphatic heterocycles. The van der Waals surface area contributed by atoms with Crippen LogP contribution in [0.2, 0.25) is 0 Å². The van der Waals surface area contributed by atoms with Gasteiger partial charge in [0.2, 0.25) is 5.76 Å². The first-order valence-electron chi connectivity index (χ1n) is 8.04. The van der Waals surface area contributed by atoms with Gasteiger partial charge in [0.1, 0.15) is 17.1 Å². The van der Waals surface area contributed by atoms with E-state index in [4.69, 9.17) is 4.42 Å². The summed E-state index contributed by atoms with van der Waals surface area (Å²) in [4.78, 5) is 23.9. The van der Waals surface area contributed by atoms with Gasteiger partial charge in [0.15, 0.2) is 0 Å². The lowest BCUT2D eigenvalue weighted by molar-refractivity contribution is 0.0666. The Morgan fingerprint density at radius 2 is 1.73 bits per heavy atom. The highest BCUT2D eigenvalue weighted by atomic mass is 19.1. The van der Waals surface area contributed by atoms with Gasteiger partial charge in [-0.05, 0) is 41.3 Å². The molecule has 0 saturated carbocycles. The molecule has 26 heavy (non-hydrogen) atoms. The minimum absolute atomic E-state index is 0.0518. The molecule has 6 heteroatoms. The fourth-order valence-electron chi connectivity index (χ4n) is 2.65. The maximum Gasteiger partial charge on any atom is 0.374 e. The second-order valence-electron chi connectivity index (χ2n) is 7.03. The normalized spacial score (nSPS) is 11.5. The third kappa shape index (κ3) is 3.31. The van der Waals surface area contributed by atoms with E-state index >= 15 is 0 Å². The Morgan fingerprint density at radius 1 is 1.08 bits per heavy atom. The number of benzene rings is 2. The van der Waals surface area contributed by atoms with Crippen LogP contribution in [0.5, 0.6) is 0 Å². The van der Waals surface area contributed by atoms with E-state index in [0.717, 1.165) is 17.7 Å². The van der Waals surface area contributed by atoms with Gasteiger partial charge in [-0.1, -0.05) is 32.9 Å². The largest absolute Gasteiger partial charge is 0.475 e. The van der Waals surface area contributed by atoms with E-state index in [2.05, 4.69) is 26.1 Å². The number of anilines is 1. The van der Waals surface area contributed by atoms with E-state index in [1.165, 1.54) is 6.07 Å². The minimum atomic E-state index is -1.35. The molecule has 0 unspecified atom stereocenters. The quantitative estimate of drug-likeness (QED) is 0.706. The van der Waals surface area contributed by atoms with Crippen LogP contribution in [0.3, 0.4) is 0 Å². The van der Waals surface area contributed by atoms with Crippen molar-refractivity contribution in [3.8, 4) is 0 Å². The van der Waals surface area contributed by atoms with Crippen molar-refractivity contribution in [3.05, 3.63) is 65.2 Å². The van der Waals surface area contributed by atoms with Crippen molar-refractivity contribution in [2.45, 2.75) is 26.2 Å². The van der Waals surface area contributed by atoms with Crippen LogP contribution < -0.4 is 5.32 Å². The van der Waals surface area contributed by atoms with E-state index in [0.29, 0.717) is 5.56 Å². The molecule has 2 aromatic carbocycles. The number of aromatic carboxylic acids is 1. The Hall–Kier alpha value is -3.15. The maximum absolute atomic E-state index is 13.5. The molecule has 0 saturated heterocycles. The molecular formula is C20H18FNO4. The van der Waals surface area contributed by atoms with Crippen molar-refractivity contribution in [3.63, 3.8) is 0 Å². The zero-order valence-electron chi connectivity index (χ0n) is 14.6. The monoisotopic (exact) mass is 355 g/mol. The zero-order chi connectivity index (χ0) is 19.1. The van der Waals surface area contributed by atoms with Gasteiger partial charge in [-0.25, -0.2) is 9.18 Å². The number of carbonyl (C=O) groups is 2. The first-order chi connectivity index (χ1) is 12.2. The van der Waals surface area contributed by atoms with Gasteiger partial charge in [-0.15, -0.1) is 0 Å². The summed E-state index contributed by atoms with van der Waals surface area (Å²) < 4.78 is 18.8.